The molecule has 0 radical (unpaired) electrons. The zero-order valence-corrected chi connectivity index (χ0v) is 19.8. The Labute approximate surface area is 191 Å². The SMILES string of the molecule is C[C@@H](C(=O)NC1CCCCC1)N(Cc1cccc(Br)c1)C(=O)CSc1ccccc1. The average molecular weight is 489 g/mol. The Morgan fingerprint density at radius 3 is 2.53 bits per heavy atom. The fraction of sp³-hybridized carbons (Fsp3) is 0.417. The second-order valence-corrected chi connectivity index (χ2v) is 9.74. The van der Waals surface area contributed by atoms with Crippen molar-refractivity contribution in [3.63, 3.8) is 0 Å². The number of amides is 2. The summed E-state index contributed by atoms with van der Waals surface area (Å²) >= 11 is 5.00. The number of benzene rings is 2. The highest BCUT2D eigenvalue weighted by Crippen LogP contribution is 2.21. The summed E-state index contributed by atoms with van der Waals surface area (Å²) in [7, 11) is 0. The van der Waals surface area contributed by atoms with Gasteiger partial charge < -0.3 is 10.2 Å². The zero-order chi connectivity index (χ0) is 21.3. The van der Waals surface area contributed by atoms with E-state index in [1.807, 2.05) is 61.5 Å². The van der Waals surface area contributed by atoms with Crippen LogP contribution in [0.2, 0.25) is 0 Å². The molecule has 0 unspecified atom stereocenters. The molecule has 2 aromatic rings. The first kappa shape index (κ1) is 22.9. The van der Waals surface area contributed by atoms with E-state index in [-0.39, 0.29) is 17.9 Å². The number of halogens is 1. The maximum absolute atomic E-state index is 13.2. The minimum atomic E-state index is -0.519. The summed E-state index contributed by atoms with van der Waals surface area (Å²) in [5.41, 5.74) is 1.000. The van der Waals surface area contributed by atoms with Crippen LogP contribution in [0.25, 0.3) is 0 Å². The lowest BCUT2D eigenvalue weighted by atomic mass is 9.95. The fourth-order valence-electron chi connectivity index (χ4n) is 3.73. The summed E-state index contributed by atoms with van der Waals surface area (Å²) in [5, 5.41) is 3.18. The Kier molecular flexibility index (Phi) is 8.82. The lowest BCUT2D eigenvalue weighted by Gasteiger charge is -2.31. The van der Waals surface area contributed by atoms with E-state index in [0.29, 0.717) is 12.3 Å². The van der Waals surface area contributed by atoms with E-state index in [1.54, 1.807) is 4.90 Å². The molecule has 2 aromatic carbocycles. The lowest BCUT2D eigenvalue weighted by Crippen LogP contribution is -2.50. The Balaban J connectivity index is 1.69. The average Bonchev–Trinajstić information content (AvgIpc) is 2.77. The van der Waals surface area contributed by atoms with Crippen molar-refractivity contribution in [3.05, 3.63) is 64.6 Å². The normalized spacial score (nSPS) is 15.4. The van der Waals surface area contributed by atoms with Gasteiger partial charge in [0.05, 0.1) is 5.75 Å². The van der Waals surface area contributed by atoms with Crippen LogP contribution in [0.3, 0.4) is 0 Å². The summed E-state index contributed by atoms with van der Waals surface area (Å²) in [6.07, 6.45) is 5.62. The van der Waals surface area contributed by atoms with Crippen molar-refractivity contribution in [2.24, 2.45) is 0 Å². The highest BCUT2D eigenvalue weighted by Gasteiger charge is 2.28. The molecule has 1 saturated carbocycles. The minimum absolute atomic E-state index is 0.0323. The Morgan fingerprint density at radius 2 is 1.83 bits per heavy atom. The smallest absolute Gasteiger partial charge is 0.242 e. The second-order valence-electron chi connectivity index (χ2n) is 7.77. The van der Waals surface area contributed by atoms with Gasteiger partial charge in [-0.2, -0.15) is 0 Å². The molecule has 0 aromatic heterocycles. The van der Waals surface area contributed by atoms with Crippen LogP contribution < -0.4 is 5.32 Å². The largest absolute Gasteiger partial charge is 0.352 e. The molecule has 0 spiro atoms. The molecule has 3 rings (SSSR count). The molecule has 1 aliphatic rings. The molecule has 30 heavy (non-hydrogen) atoms. The third kappa shape index (κ3) is 6.88. The van der Waals surface area contributed by atoms with Crippen molar-refractivity contribution in [1.82, 2.24) is 10.2 Å². The number of hydrogen-bond donors (Lipinski definition) is 1. The van der Waals surface area contributed by atoms with Gasteiger partial charge in [-0.25, -0.2) is 0 Å². The number of carbonyl (C=O) groups excluding carboxylic acids is 2. The molecule has 6 heteroatoms. The maximum atomic E-state index is 13.2. The molecule has 0 bridgehead atoms. The van der Waals surface area contributed by atoms with E-state index in [2.05, 4.69) is 21.2 Å². The summed E-state index contributed by atoms with van der Waals surface area (Å²) in [6.45, 7) is 2.24. The first-order valence-corrected chi connectivity index (χ1v) is 12.3. The van der Waals surface area contributed by atoms with Gasteiger partial charge in [-0.05, 0) is 49.6 Å². The Morgan fingerprint density at radius 1 is 1.10 bits per heavy atom. The molecule has 0 heterocycles. The number of carbonyl (C=O) groups is 2. The molecular weight excluding hydrogens is 460 g/mol. The van der Waals surface area contributed by atoms with E-state index in [9.17, 15) is 9.59 Å². The van der Waals surface area contributed by atoms with Crippen molar-refractivity contribution in [2.75, 3.05) is 5.75 Å². The summed E-state index contributed by atoms with van der Waals surface area (Å²) in [4.78, 5) is 28.9. The van der Waals surface area contributed by atoms with Gasteiger partial charge in [-0.1, -0.05) is 65.5 Å². The van der Waals surface area contributed by atoms with Gasteiger partial charge in [0.2, 0.25) is 11.8 Å². The van der Waals surface area contributed by atoms with Gasteiger partial charge in [-0.15, -0.1) is 11.8 Å². The van der Waals surface area contributed by atoms with Gasteiger partial charge in [0.25, 0.3) is 0 Å². The summed E-state index contributed by atoms with van der Waals surface area (Å²) in [5.74, 6) is 0.212. The molecule has 0 aliphatic heterocycles. The molecule has 1 atom stereocenters. The molecular formula is C24H29BrN2O2S. The third-order valence-electron chi connectivity index (χ3n) is 5.47. The fourth-order valence-corrected chi connectivity index (χ4v) is 4.98. The predicted octanol–water partition coefficient (Wildman–Crippen LogP) is 5.41. The number of rotatable bonds is 8. The first-order valence-electron chi connectivity index (χ1n) is 10.5. The highest BCUT2D eigenvalue weighted by atomic mass is 79.9. The lowest BCUT2D eigenvalue weighted by molar-refractivity contribution is -0.139. The number of thioether (sulfide) groups is 1. The van der Waals surface area contributed by atoms with Crippen LogP contribution in [-0.4, -0.2) is 34.6 Å². The van der Waals surface area contributed by atoms with Crippen LogP contribution in [0.15, 0.2) is 64.0 Å². The van der Waals surface area contributed by atoms with Crippen LogP contribution >= 0.6 is 27.7 Å². The quantitative estimate of drug-likeness (QED) is 0.505. The van der Waals surface area contributed by atoms with Crippen LogP contribution in [0.5, 0.6) is 0 Å². The van der Waals surface area contributed by atoms with Crippen molar-refractivity contribution in [2.45, 2.75) is 62.6 Å². The standard InChI is InChI=1S/C24H29BrN2O2S/c1-18(24(29)26-21-11-4-2-5-12-21)27(16-19-9-8-10-20(25)15-19)23(28)17-30-22-13-6-3-7-14-22/h3,6-10,13-15,18,21H,2,4-5,11-12,16-17H2,1H3,(H,26,29)/t18-/m0/s1. The van der Waals surface area contributed by atoms with E-state index >= 15 is 0 Å². The molecule has 1 aliphatic carbocycles. The molecule has 1 fully saturated rings. The van der Waals surface area contributed by atoms with Gasteiger partial charge >= 0.3 is 0 Å². The topological polar surface area (TPSA) is 49.4 Å². The molecule has 160 valence electrons. The van der Waals surface area contributed by atoms with Crippen molar-refractivity contribution < 1.29 is 9.59 Å². The Hall–Kier alpha value is -1.79. The van der Waals surface area contributed by atoms with E-state index in [0.717, 1.165) is 40.6 Å². The third-order valence-corrected chi connectivity index (χ3v) is 6.96. The minimum Gasteiger partial charge on any atom is -0.352 e. The maximum Gasteiger partial charge on any atom is 0.242 e. The summed E-state index contributed by atoms with van der Waals surface area (Å²) < 4.78 is 0.963. The van der Waals surface area contributed by atoms with Crippen molar-refractivity contribution >= 4 is 39.5 Å². The summed E-state index contributed by atoms with van der Waals surface area (Å²) in [6, 6.07) is 17.5. The van der Waals surface area contributed by atoms with E-state index in [4.69, 9.17) is 0 Å². The monoisotopic (exact) mass is 488 g/mol. The molecule has 2 amide bonds. The van der Waals surface area contributed by atoms with Gasteiger partial charge in [-0.3, -0.25) is 9.59 Å². The predicted molar refractivity (Wildman–Crippen MR) is 126 cm³/mol. The van der Waals surface area contributed by atoms with Crippen LogP contribution in [0, 0.1) is 0 Å². The van der Waals surface area contributed by atoms with Crippen molar-refractivity contribution in [3.8, 4) is 0 Å². The second kappa shape index (κ2) is 11.6. The van der Waals surface area contributed by atoms with Gasteiger partial charge in [0.15, 0.2) is 0 Å². The number of nitrogens with one attached hydrogen (secondary N) is 1. The number of hydrogen-bond acceptors (Lipinski definition) is 3. The van der Waals surface area contributed by atoms with E-state index < -0.39 is 6.04 Å². The van der Waals surface area contributed by atoms with Gasteiger partial charge in [0, 0.05) is 22.0 Å². The zero-order valence-electron chi connectivity index (χ0n) is 17.4. The van der Waals surface area contributed by atoms with Crippen LogP contribution in [-0.2, 0) is 16.1 Å². The molecule has 1 N–H and O–H groups in total. The molecule has 0 saturated heterocycles. The van der Waals surface area contributed by atoms with Crippen LogP contribution in [0.1, 0.15) is 44.6 Å². The number of nitrogens with zero attached hydrogens (tertiary/aromatic N) is 1. The highest BCUT2D eigenvalue weighted by molar-refractivity contribution is 9.10. The van der Waals surface area contributed by atoms with Crippen molar-refractivity contribution in [1.29, 1.82) is 0 Å². The molecule has 4 nitrogen and oxygen atoms in total. The first-order chi connectivity index (χ1) is 14.5. The van der Waals surface area contributed by atoms with Crippen LogP contribution in [0.4, 0.5) is 0 Å². The van der Waals surface area contributed by atoms with E-state index in [1.165, 1.54) is 18.2 Å². The van der Waals surface area contributed by atoms with Gasteiger partial charge in [0.1, 0.15) is 6.04 Å². The Bertz CT molecular complexity index is 840.